The van der Waals surface area contributed by atoms with Gasteiger partial charge in [0.2, 0.25) is 0 Å². The van der Waals surface area contributed by atoms with Crippen LogP contribution >= 0.6 is 23.2 Å². The van der Waals surface area contributed by atoms with Crippen LogP contribution in [0.3, 0.4) is 0 Å². The molecule has 0 aliphatic rings. The van der Waals surface area contributed by atoms with E-state index in [1.807, 2.05) is 6.07 Å². The molecule has 0 saturated carbocycles. The summed E-state index contributed by atoms with van der Waals surface area (Å²) >= 11 is 11.9. The van der Waals surface area contributed by atoms with Gasteiger partial charge in [-0.15, -0.1) is 0 Å². The number of aromatic nitrogens is 1. The molecule has 98 valence electrons. The molecule has 0 fully saturated rings. The van der Waals surface area contributed by atoms with Crippen molar-refractivity contribution in [3.8, 4) is 0 Å². The summed E-state index contributed by atoms with van der Waals surface area (Å²) < 4.78 is 20.2. The maximum atomic E-state index is 12.3. The lowest BCUT2D eigenvalue weighted by Crippen LogP contribution is -1.96. The molecule has 3 nitrogen and oxygen atoms in total. The summed E-state index contributed by atoms with van der Waals surface area (Å²) in [5.74, 6) is 0. The highest BCUT2D eigenvalue weighted by Gasteiger charge is 2.11. The van der Waals surface area contributed by atoms with Crippen LogP contribution in [0.5, 0.6) is 0 Å². The van der Waals surface area contributed by atoms with Crippen molar-refractivity contribution in [2.75, 3.05) is 0 Å². The summed E-state index contributed by atoms with van der Waals surface area (Å²) in [6.07, 6.45) is 4.38. The van der Waals surface area contributed by atoms with Gasteiger partial charge in [-0.05, 0) is 23.8 Å². The highest BCUT2D eigenvalue weighted by atomic mass is 35.5. The average molecular weight is 313 g/mol. The van der Waals surface area contributed by atoms with Crippen molar-refractivity contribution in [2.24, 2.45) is 0 Å². The number of nitrogens with zero attached hydrogens (tertiary/aromatic N) is 1. The van der Waals surface area contributed by atoms with Gasteiger partial charge in [0, 0.05) is 22.8 Å². The molecule has 0 aliphatic carbocycles. The van der Waals surface area contributed by atoms with Gasteiger partial charge in [-0.25, -0.2) is 8.99 Å². The van der Waals surface area contributed by atoms with Crippen LogP contribution < -0.4 is 0 Å². The van der Waals surface area contributed by atoms with Gasteiger partial charge in [0.1, 0.15) is 0 Å². The summed E-state index contributed by atoms with van der Waals surface area (Å²) in [4.78, 5) is 4.04. The van der Waals surface area contributed by atoms with E-state index in [1.54, 1.807) is 24.3 Å². The number of benzene rings is 1. The Kier molecular flexibility index (Phi) is 4.24. The van der Waals surface area contributed by atoms with E-state index in [0.29, 0.717) is 10.6 Å². The van der Waals surface area contributed by atoms with E-state index in [4.69, 9.17) is 28.0 Å². The Morgan fingerprint density at radius 2 is 1.89 bits per heavy atom. The minimum absolute atomic E-state index is 0.194. The lowest BCUT2D eigenvalue weighted by atomic mass is 10.2. The zero-order chi connectivity index (χ0) is 13.9. The number of rotatable bonds is 3. The van der Waals surface area contributed by atoms with Crippen LogP contribution in [0.1, 0.15) is 5.56 Å². The summed E-state index contributed by atoms with van der Waals surface area (Å²) in [7, 11) is -3.14. The Morgan fingerprint density at radius 1 is 1.16 bits per heavy atom. The zero-order valence-electron chi connectivity index (χ0n) is 9.72. The quantitative estimate of drug-likeness (QED) is 0.909. The lowest BCUT2D eigenvalue weighted by Gasteiger charge is -2.04. The SMILES string of the molecule is N=S(=O)(/C=C/c1ccccc1Cl)c1cnccc1Cl. The number of nitrogens with one attached hydrogen (secondary N) is 1. The van der Waals surface area contributed by atoms with Crippen molar-refractivity contribution in [2.45, 2.75) is 4.90 Å². The van der Waals surface area contributed by atoms with E-state index in [2.05, 4.69) is 4.98 Å². The highest BCUT2D eigenvalue weighted by molar-refractivity contribution is 7.95. The third kappa shape index (κ3) is 3.35. The van der Waals surface area contributed by atoms with E-state index >= 15 is 0 Å². The first-order valence-electron chi connectivity index (χ1n) is 5.32. The molecule has 0 radical (unpaired) electrons. The van der Waals surface area contributed by atoms with Gasteiger partial charge in [-0.3, -0.25) is 4.98 Å². The first kappa shape index (κ1) is 14.1. The van der Waals surface area contributed by atoms with Gasteiger partial charge >= 0.3 is 0 Å². The predicted octanol–water partition coefficient (Wildman–Crippen LogP) is 4.46. The van der Waals surface area contributed by atoms with Gasteiger partial charge in [0.15, 0.2) is 0 Å². The summed E-state index contributed by atoms with van der Waals surface area (Å²) in [6.45, 7) is 0. The number of hydrogen-bond donors (Lipinski definition) is 1. The molecule has 2 aromatic rings. The van der Waals surface area contributed by atoms with E-state index < -0.39 is 9.73 Å². The molecule has 1 atom stereocenters. The molecule has 0 spiro atoms. The molecule has 6 heteroatoms. The second-order valence-corrected chi connectivity index (χ2v) is 6.46. The Balaban J connectivity index is 2.38. The third-order valence-electron chi connectivity index (χ3n) is 2.41. The Bertz CT molecular complexity index is 727. The van der Waals surface area contributed by atoms with Gasteiger partial charge in [-0.2, -0.15) is 0 Å². The maximum Gasteiger partial charge on any atom is 0.0973 e. The Labute approximate surface area is 121 Å². The molecule has 0 aliphatic heterocycles. The van der Waals surface area contributed by atoms with Gasteiger partial charge in [-0.1, -0.05) is 41.4 Å². The van der Waals surface area contributed by atoms with Crippen molar-refractivity contribution < 1.29 is 4.21 Å². The first-order valence-corrected chi connectivity index (χ1v) is 7.69. The van der Waals surface area contributed by atoms with Crippen molar-refractivity contribution in [1.29, 1.82) is 4.78 Å². The smallest absolute Gasteiger partial charge is 0.0973 e. The second-order valence-electron chi connectivity index (χ2n) is 3.73. The number of hydrogen-bond acceptors (Lipinski definition) is 3. The van der Waals surface area contributed by atoms with Crippen LogP contribution in [0.25, 0.3) is 6.08 Å². The molecule has 0 amide bonds. The van der Waals surface area contributed by atoms with E-state index in [1.165, 1.54) is 23.9 Å². The fraction of sp³-hybridized carbons (Fsp3) is 0. The Hall–Kier alpha value is -1.36. The molecule has 1 heterocycles. The average Bonchev–Trinajstić information content (AvgIpc) is 2.38. The van der Waals surface area contributed by atoms with Crippen LogP contribution in [0.4, 0.5) is 0 Å². The van der Waals surface area contributed by atoms with Crippen molar-refractivity contribution in [3.63, 3.8) is 0 Å². The minimum atomic E-state index is -3.14. The normalized spacial score (nSPS) is 14.4. The van der Waals surface area contributed by atoms with Gasteiger partial charge in [0.05, 0.1) is 19.6 Å². The highest BCUT2D eigenvalue weighted by Crippen LogP contribution is 2.24. The van der Waals surface area contributed by atoms with Crippen LogP contribution in [0.15, 0.2) is 53.0 Å². The Morgan fingerprint density at radius 3 is 2.58 bits per heavy atom. The summed E-state index contributed by atoms with van der Waals surface area (Å²) in [6, 6.07) is 8.63. The van der Waals surface area contributed by atoms with Crippen molar-refractivity contribution in [3.05, 3.63) is 63.7 Å². The number of halogens is 2. The molecule has 1 unspecified atom stereocenters. The van der Waals surface area contributed by atoms with Gasteiger partial charge in [0.25, 0.3) is 0 Å². The van der Waals surface area contributed by atoms with E-state index in [0.717, 1.165) is 0 Å². The molecular weight excluding hydrogens is 303 g/mol. The predicted molar refractivity (Wildman–Crippen MR) is 78.9 cm³/mol. The monoisotopic (exact) mass is 312 g/mol. The second kappa shape index (κ2) is 5.74. The molecule has 0 bridgehead atoms. The van der Waals surface area contributed by atoms with Crippen LogP contribution in [-0.4, -0.2) is 9.19 Å². The molecule has 2 rings (SSSR count). The summed E-state index contributed by atoms with van der Waals surface area (Å²) in [5.41, 5.74) is 0.698. The molecule has 1 aromatic heterocycles. The van der Waals surface area contributed by atoms with Crippen LogP contribution in [0.2, 0.25) is 10.0 Å². The molecule has 19 heavy (non-hydrogen) atoms. The van der Waals surface area contributed by atoms with E-state index in [-0.39, 0.29) is 9.92 Å². The maximum absolute atomic E-state index is 12.3. The topological polar surface area (TPSA) is 53.8 Å². The standard InChI is InChI=1S/C13H10Cl2N2OS/c14-11-4-2-1-3-10(11)6-8-19(16,18)13-9-17-7-5-12(13)15/h1-9,16H/b8-6+. The molecular formula is C13H10Cl2N2OS. The molecule has 1 aromatic carbocycles. The van der Waals surface area contributed by atoms with E-state index in [9.17, 15) is 4.21 Å². The lowest BCUT2D eigenvalue weighted by molar-refractivity contribution is 0.680. The fourth-order valence-corrected chi connectivity index (χ4v) is 3.15. The number of pyridine rings is 1. The minimum Gasteiger partial charge on any atom is -0.263 e. The van der Waals surface area contributed by atoms with Crippen LogP contribution in [-0.2, 0) is 9.73 Å². The molecule has 1 N–H and O–H groups in total. The third-order valence-corrected chi connectivity index (χ3v) is 4.69. The summed E-state index contributed by atoms with van der Waals surface area (Å²) in [5, 5.41) is 2.09. The van der Waals surface area contributed by atoms with Crippen molar-refractivity contribution in [1.82, 2.24) is 4.98 Å². The van der Waals surface area contributed by atoms with Crippen molar-refractivity contribution >= 4 is 39.0 Å². The zero-order valence-corrected chi connectivity index (χ0v) is 12.0. The largest absolute Gasteiger partial charge is 0.263 e. The first-order chi connectivity index (χ1) is 9.00. The van der Waals surface area contributed by atoms with Gasteiger partial charge < -0.3 is 0 Å². The fourth-order valence-electron chi connectivity index (χ4n) is 1.44. The molecule has 0 saturated heterocycles. The van der Waals surface area contributed by atoms with Crippen LogP contribution in [0, 0.1) is 4.78 Å².